The van der Waals surface area contributed by atoms with Crippen LogP contribution in [-0.2, 0) is 16.1 Å². The van der Waals surface area contributed by atoms with Crippen LogP contribution in [0.3, 0.4) is 0 Å². The monoisotopic (exact) mass is 362 g/mol. The van der Waals surface area contributed by atoms with Gasteiger partial charge in [-0.15, -0.1) is 12.4 Å². The minimum absolute atomic E-state index is 0. The van der Waals surface area contributed by atoms with Gasteiger partial charge in [0.25, 0.3) is 0 Å². The van der Waals surface area contributed by atoms with Crippen molar-refractivity contribution in [3.63, 3.8) is 0 Å². The smallest absolute Gasteiger partial charge is 0.221 e. The number of carbonyl (C=O) groups is 1. The number of carbonyl (C=O) groups excluding carboxylic acids is 1. The van der Waals surface area contributed by atoms with Gasteiger partial charge in [0.15, 0.2) is 0 Å². The fourth-order valence-electron chi connectivity index (χ4n) is 2.39. The third kappa shape index (κ3) is 8.16. The zero-order valence-electron chi connectivity index (χ0n) is 14.6. The normalized spacial score (nSPS) is 12.7. The van der Waals surface area contributed by atoms with E-state index in [1.54, 1.807) is 0 Å². The van der Waals surface area contributed by atoms with E-state index in [0.29, 0.717) is 26.2 Å². The van der Waals surface area contributed by atoms with Gasteiger partial charge in [0.2, 0.25) is 5.91 Å². The van der Waals surface area contributed by atoms with E-state index in [2.05, 4.69) is 12.2 Å². The lowest BCUT2D eigenvalue weighted by Gasteiger charge is -2.15. The predicted molar refractivity (Wildman–Crippen MR) is 104 cm³/mol. The molecule has 2 unspecified atom stereocenters. The van der Waals surface area contributed by atoms with E-state index < -0.39 is 0 Å². The maximum atomic E-state index is 12.0. The van der Waals surface area contributed by atoms with Crippen LogP contribution in [-0.4, -0.2) is 19.1 Å². The van der Waals surface area contributed by atoms with E-state index in [9.17, 15) is 4.79 Å². The summed E-state index contributed by atoms with van der Waals surface area (Å²) < 4.78 is 5.69. The van der Waals surface area contributed by atoms with Crippen molar-refractivity contribution >= 4 is 18.3 Å². The molecule has 0 aliphatic carbocycles. The Kier molecular flexibility index (Phi) is 9.85. The van der Waals surface area contributed by atoms with Crippen LogP contribution in [0.5, 0.6) is 0 Å². The number of benzene rings is 2. The van der Waals surface area contributed by atoms with Crippen LogP contribution in [0.1, 0.15) is 30.5 Å². The second-order valence-electron chi connectivity index (χ2n) is 6.13. The molecular weight excluding hydrogens is 336 g/mol. The zero-order valence-corrected chi connectivity index (χ0v) is 15.4. The summed E-state index contributed by atoms with van der Waals surface area (Å²) in [5.41, 5.74) is 8.20. The van der Waals surface area contributed by atoms with Crippen molar-refractivity contribution in [1.82, 2.24) is 5.32 Å². The molecule has 2 rings (SSSR count). The maximum absolute atomic E-state index is 12.0. The summed E-state index contributed by atoms with van der Waals surface area (Å²) >= 11 is 0. The molecule has 136 valence electrons. The molecule has 0 fully saturated rings. The Hall–Kier alpha value is -1.88. The molecule has 0 saturated carbocycles. The molecule has 0 aliphatic rings. The first kappa shape index (κ1) is 21.2. The molecule has 0 radical (unpaired) electrons. The highest BCUT2D eigenvalue weighted by atomic mass is 35.5. The Bertz CT molecular complexity index is 608. The van der Waals surface area contributed by atoms with E-state index >= 15 is 0 Å². The number of nitrogens with one attached hydrogen (secondary N) is 1. The summed E-state index contributed by atoms with van der Waals surface area (Å²) in [4.78, 5) is 12.0. The highest BCUT2D eigenvalue weighted by molar-refractivity contribution is 5.85. The molecule has 4 nitrogen and oxygen atoms in total. The van der Waals surface area contributed by atoms with Gasteiger partial charge in [-0.25, -0.2) is 0 Å². The minimum Gasteiger partial charge on any atom is -0.376 e. The molecule has 25 heavy (non-hydrogen) atoms. The number of nitrogens with two attached hydrogens (primary N) is 1. The van der Waals surface area contributed by atoms with Crippen molar-refractivity contribution in [3.8, 4) is 0 Å². The summed E-state index contributed by atoms with van der Waals surface area (Å²) in [6.07, 6.45) is 0.293. The van der Waals surface area contributed by atoms with Crippen LogP contribution in [0, 0.1) is 5.92 Å². The Morgan fingerprint density at radius 3 is 2.32 bits per heavy atom. The highest BCUT2D eigenvalue weighted by Gasteiger charge is 2.12. The third-order valence-corrected chi connectivity index (χ3v) is 3.79. The maximum Gasteiger partial charge on any atom is 0.221 e. The van der Waals surface area contributed by atoms with Gasteiger partial charge in [0, 0.05) is 19.0 Å². The van der Waals surface area contributed by atoms with Crippen molar-refractivity contribution in [2.24, 2.45) is 11.7 Å². The average Bonchev–Trinajstić information content (AvgIpc) is 2.61. The topological polar surface area (TPSA) is 64.4 Å². The van der Waals surface area contributed by atoms with Gasteiger partial charge >= 0.3 is 0 Å². The van der Waals surface area contributed by atoms with Gasteiger partial charge < -0.3 is 15.8 Å². The Morgan fingerprint density at radius 1 is 1.08 bits per heavy atom. The van der Waals surface area contributed by atoms with Crippen molar-refractivity contribution in [1.29, 1.82) is 0 Å². The van der Waals surface area contributed by atoms with E-state index in [4.69, 9.17) is 10.5 Å². The Morgan fingerprint density at radius 2 is 1.68 bits per heavy atom. The number of amides is 1. The summed E-state index contributed by atoms with van der Waals surface area (Å²) in [5, 5.41) is 2.93. The largest absolute Gasteiger partial charge is 0.376 e. The van der Waals surface area contributed by atoms with E-state index in [0.717, 1.165) is 11.1 Å². The van der Waals surface area contributed by atoms with Crippen LogP contribution in [0.2, 0.25) is 0 Å². The lowest BCUT2D eigenvalue weighted by Crippen LogP contribution is -2.32. The second-order valence-corrected chi connectivity index (χ2v) is 6.13. The van der Waals surface area contributed by atoms with Crippen molar-refractivity contribution in [2.45, 2.75) is 26.0 Å². The molecule has 0 saturated heterocycles. The molecule has 2 aromatic carbocycles. The molecule has 2 atom stereocenters. The molecule has 0 spiro atoms. The van der Waals surface area contributed by atoms with Crippen LogP contribution < -0.4 is 11.1 Å². The SMILES string of the molecule is CC(CNC(=O)CC(N)c1ccccc1)COCc1ccccc1.Cl. The number of hydrogen-bond acceptors (Lipinski definition) is 3. The van der Waals surface area contributed by atoms with Gasteiger partial charge in [-0.05, 0) is 17.0 Å². The molecule has 3 N–H and O–H groups in total. The van der Waals surface area contributed by atoms with Gasteiger partial charge in [0.05, 0.1) is 13.2 Å². The fourth-order valence-corrected chi connectivity index (χ4v) is 2.39. The minimum atomic E-state index is -0.268. The number of ether oxygens (including phenoxy) is 1. The summed E-state index contributed by atoms with van der Waals surface area (Å²) in [6, 6.07) is 19.5. The quantitative estimate of drug-likeness (QED) is 0.717. The lowest BCUT2D eigenvalue weighted by atomic mass is 10.0. The first-order valence-electron chi connectivity index (χ1n) is 8.34. The van der Waals surface area contributed by atoms with Crippen LogP contribution in [0.25, 0.3) is 0 Å². The number of halogens is 1. The summed E-state index contributed by atoms with van der Waals surface area (Å²) in [5.74, 6) is 0.229. The highest BCUT2D eigenvalue weighted by Crippen LogP contribution is 2.13. The van der Waals surface area contributed by atoms with E-state index in [-0.39, 0.29) is 30.3 Å². The average molecular weight is 363 g/mol. The van der Waals surface area contributed by atoms with Crippen molar-refractivity contribution < 1.29 is 9.53 Å². The lowest BCUT2D eigenvalue weighted by molar-refractivity contribution is -0.121. The molecule has 0 aliphatic heterocycles. The first-order valence-corrected chi connectivity index (χ1v) is 8.34. The summed E-state index contributed by atoms with van der Waals surface area (Å²) in [7, 11) is 0. The second kappa shape index (κ2) is 11.6. The molecule has 5 heteroatoms. The standard InChI is InChI=1S/C20H26N2O2.ClH/c1-16(14-24-15-17-8-4-2-5-9-17)13-22-20(23)12-19(21)18-10-6-3-7-11-18;/h2-11,16,19H,12-15,21H2,1H3,(H,22,23);1H. The molecule has 0 heterocycles. The molecule has 0 aromatic heterocycles. The number of rotatable bonds is 9. The van der Waals surface area contributed by atoms with Crippen LogP contribution >= 0.6 is 12.4 Å². The fraction of sp³-hybridized carbons (Fsp3) is 0.350. The van der Waals surface area contributed by atoms with Gasteiger partial charge in [-0.1, -0.05) is 67.6 Å². The molecular formula is C20H27ClN2O2. The zero-order chi connectivity index (χ0) is 17.2. The Labute approximate surface area is 156 Å². The molecule has 0 bridgehead atoms. The van der Waals surface area contributed by atoms with Gasteiger partial charge in [0.1, 0.15) is 0 Å². The van der Waals surface area contributed by atoms with E-state index in [1.807, 2.05) is 60.7 Å². The van der Waals surface area contributed by atoms with Crippen LogP contribution in [0.4, 0.5) is 0 Å². The van der Waals surface area contributed by atoms with E-state index in [1.165, 1.54) is 0 Å². The molecule has 1 amide bonds. The Balaban J connectivity index is 0.00000312. The van der Waals surface area contributed by atoms with Gasteiger partial charge in [-0.3, -0.25) is 4.79 Å². The van der Waals surface area contributed by atoms with Crippen molar-refractivity contribution in [2.75, 3.05) is 13.2 Å². The number of hydrogen-bond donors (Lipinski definition) is 2. The first-order chi connectivity index (χ1) is 11.6. The van der Waals surface area contributed by atoms with Crippen molar-refractivity contribution in [3.05, 3.63) is 71.8 Å². The van der Waals surface area contributed by atoms with Crippen LogP contribution in [0.15, 0.2) is 60.7 Å². The van der Waals surface area contributed by atoms with Gasteiger partial charge in [-0.2, -0.15) is 0 Å². The third-order valence-electron chi connectivity index (χ3n) is 3.79. The predicted octanol–water partition coefficient (Wildman–Crippen LogP) is 3.47. The molecule has 2 aromatic rings. The summed E-state index contributed by atoms with van der Waals surface area (Å²) in [6.45, 7) is 3.86.